The normalized spacial score (nSPS) is 10.4. The van der Waals surface area contributed by atoms with Crippen molar-refractivity contribution in [1.29, 1.82) is 0 Å². The van der Waals surface area contributed by atoms with E-state index in [9.17, 15) is 9.18 Å². The maximum absolute atomic E-state index is 12.9. The molecular formula is C12H11FIN3O. The van der Waals surface area contributed by atoms with Crippen molar-refractivity contribution in [2.75, 3.05) is 0 Å². The lowest BCUT2D eigenvalue weighted by Gasteiger charge is -2.05. The first-order chi connectivity index (χ1) is 8.56. The van der Waals surface area contributed by atoms with Gasteiger partial charge in [0.05, 0.1) is 17.8 Å². The van der Waals surface area contributed by atoms with Gasteiger partial charge in [-0.15, -0.1) is 0 Å². The van der Waals surface area contributed by atoms with Gasteiger partial charge >= 0.3 is 0 Å². The van der Waals surface area contributed by atoms with Crippen LogP contribution < -0.4 is 5.32 Å². The second-order valence-electron chi connectivity index (χ2n) is 3.79. The van der Waals surface area contributed by atoms with Gasteiger partial charge in [0, 0.05) is 16.8 Å². The molecule has 2 rings (SSSR count). The Kier molecular flexibility index (Phi) is 3.95. The Hall–Kier alpha value is -1.44. The molecule has 18 heavy (non-hydrogen) atoms. The average Bonchev–Trinajstić information content (AvgIpc) is 2.72. The molecule has 0 atom stereocenters. The summed E-state index contributed by atoms with van der Waals surface area (Å²) in [7, 11) is 1.81. The molecule has 0 radical (unpaired) electrons. The molecule has 0 aliphatic carbocycles. The van der Waals surface area contributed by atoms with Crippen LogP contribution in [-0.4, -0.2) is 15.7 Å². The summed E-state index contributed by atoms with van der Waals surface area (Å²) in [5.74, 6) is -0.578. The van der Waals surface area contributed by atoms with Crippen molar-refractivity contribution in [2.45, 2.75) is 6.54 Å². The third-order valence-electron chi connectivity index (χ3n) is 2.37. The third-order valence-corrected chi connectivity index (χ3v) is 3.27. The van der Waals surface area contributed by atoms with Gasteiger partial charge in [-0.25, -0.2) is 4.39 Å². The molecule has 1 amide bonds. The fourth-order valence-corrected chi connectivity index (χ4v) is 2.22. The number of halogens is 2. The van der Waals surface area contributed by atoms with Crippen LogP contribution in [0.1, 0.15) is 16.1 Å². The molecule has 1 aromatic heterocycles. The highest BCUT2D eigenvalue weighted by atomic mass is 127. The van der Waals surface area contributed by atoms with Crippen molar-refractivity contribution in [3.63, 3.8) is 0 Å². The summed E-state index contributed by atoms with van der Waals surface area (Å²) in [6.45, 7) is 0.354. The van der Waals surface area contributed by atoms with Gasteiger partial charge in [0.25, 0.3) is 5.91 Å². The number of benzene rings is 1. The molecule has 0 saturated heterocycles. The Balaban J connectivity index is 2.03. The van der Waals surface area contributed by atoms with Gasteiger partial charge in [-0.1, -0.05) is 0 Å². The summed E-state index contributed by atoms with van der Waals surface area (Å²) < 4.78 is 15.2. The topological polar surface area (TPSA) is 46.9 Å². The zero-order chi connectivity index (χ0) is 13.1. The largest absolute Gasteiger partial charge is 0.346 e. The number of nitrogens with zero attached hydrogens (tertiary/aromatic N) is 2. The highest BCUT2D eigenvalue weighted by Crippen LogP contribution is 2.13. The fraction of sp³-hybridized carbons (Fsp3) is 0.167. The average molecular weight is 359 g/mol. The van der Waals surface area contributed by atoms with Crippen LogP contribution in [0.4, 0.5) is 4.39 Å². The van der Waals surface area contributed by atoms with Crippen LogP contribution in [0.3, 0.4) is 0 Å². The minimum absolute atomic E-state index is 0.231. The molecule has 1 heterocycles. The van der Waals surface area contributed by atoms with Crippen molar-refractivity contribution >= 4 is 28.5 Å². The van der Waals surface area contributed by atoms with E-state index in [4.69, 9.17) is 0 Å². The highest BCUT2D eigenvalue weighted by Gasteiger charge is 2.10. The van der Waals surface area contributed by atoms with Crippen molar-refractivity contribution < 1.29 is 9.18 Å². The minimum Gasteiger partial charge on any atom is -0.346 e. The first kappa shape index (κ1) is 13.0. The second-order valence-corrected chi connectivity index (χ2v) is 4.95. The first-order valence-corrected chi connectivity index (χ1v) is 6.36. The molecule has 94 valence electrons. The number of carbonyl (C=O) groups is 1. The summed E-state index contributed by atoms with van der Waals surface area (Å²) in [6, 6.07) is 5.91. The van der Waals surface area contributed by atoms with E-state index in [0.29, 0.717) is 15.7 Å². The van der Waals surface area contributed by atoms with Crippen LogP contribution >= 0.6 is 22.6 Å². The molecule has 4 nitrogen and oxygen atoms in total. The first-order valence-electron chi connectivity index (χ1n) is 5.28. The molecular weight excluding hydrogens is 348 g/mol. The summed E-state index contributed by atoms with van der Waals surface area (Å²) in [5, 5.41) is 6.90. The van der Waals surface area contributed by atoms with Crippen LogP contribution in [0.15, 0.2) is 30.5 Å². The summed E-state index contributed by atoms with van der Waals surface area (Å²) in [5.41, 5.74) is 1.25. The summed E-state index contributed by atoms with van der Waals surface area (Å²) in [4.78, 5) is 11.9. The number of aryl methyl sites for hydroxylation is 1. The predicted molar refractivity (Wildman–Crippen MR) is 73.5 cm³/mol. The number of hydrogen-bond donors (Lipinski definition) is 1. The number of nitrogens with one attached hydrogen (secondary N) is 1. The zero-order valence-electron chi connectivity index (χ0n) is 9.65. The lowest BCUT2D eigenvalue weighted by Crippen LogP contribution is -2.24. The molecule has 1 N–H and O–H groups in total. The highest BCUT2D eigenvalue weighted by molar-refractivity contribution is 14.1. The number of hydrogen-bond acceptors (Lipinski definition) is 2. The quantitative estimate of drug-likeness (QED) is 0.854. The smallest absolute Gasteiger partial charge is 0.252 e. The van der Waals surface area contributed by atoms with E-state index in [-0.39, 0.29) is 11.7 Å². The second kappa shape index (κ2) is 5.47. The third kappa shape index (κ3) is 3.06. The Bertz CT molecular complexity index is 582. The van der Waals surface area contributed by atoms with E-state index in [1.165, 1.54) is 18.2 Å². The van der Waals surface area contributed by atoms with E-state index in [1.54, 1.807) is 4.68 Å². The Morgan fingerprint density at radius 1 is 1.50 bits per heavy atom. The zero-order valence-corrected chi connectivity index (χ0v) is 11.8. The van der Waals surface area contributed by atoms with E-state index in [0.717, 1.165) is 5.69 Å². The van der Waals surface area contributed by atoms with Crippen LogP contribution in [0.5, 0.6) is 0 Å². The molecule has 0 fully saturated rings. The summed E-state index contributed by atoms with van der Waals surface area (Å²) >= 11 is 1.94. The lowest BCUT2D eigenvalue weighted by molar-refractivity contribution is 0.0949. The molecule has 6 heteroatoms. The van der Waals surface area contributed by atoms with Crippen LogP contribution in [-0.2, 0) is 13.6 Å². The molecule has 1 aromatic carbocycles. The molecule has 0 bridgehead atoms. The number of aromatic nitrogens is 2. The van der Waals surface area contributed by atoms with Gasteiger partial charge in [-0.3, -0.25) is 9.48 Å². The van der Waals surface area contributed by atoms with Gasteiger partial charge in [-0.2, -0.15) is 5.10 Å². The fourth-order valence-electron chi connectivity index (χ4n) is 1.50. The van der Waals surface area contributed by atoms with Crippen LogP contribution in [0.25, 0.3) is 0 Å². The standard InChI is InChI=1S/C12H11FIN3O/c1-17-5-4-9(16-17)7-15-12(18)10-3-2-8(13)6-11(10)14/h2-6H,7H2,1H3,(H,15,18). The molecule has 0 spiro atoms. The monoisotopic (exact) mass is 359 g/mol. The van der Waals surface area contributed by atoms with Gasteiger partial charge in [0.2, 0.25) is 0 Å². The van der Waals surface area contributed by atoms with Crippen molar-refractivity contribution in [1.82, 2.24) is 15.1 Å². The summed E-state index contributed by atoms with van der Waals surface area (Å²) in [6.07, 6.45) is 1.81. The van der Waals surface area contributed by atoms with Crippen molar-refractivity contribution in [3.8, 4) is 0 Å². The Labute approximate surface area is 117 Å². The maximum Gasteiger partial charge on any atom is 0.252 e. The van der Waals surface area contributed by atoms with Crippen molar-refractivity contribution in [2.24, 2.45) is 7.05 Å². The lowest BCUT2D eigenvalue weighted by atomic mass is 10.2. The van der Waals surface area contributed by atoms with Crippen molar-refractivity contribution in [3.05, 3.63) is 51.1 Å². The molecule has 0 unspecified atom stereocenters. The Morgan fingerprint density at radius 3 is 2.89 bits per heavy atom. The van der Waals surface area contributed by atoms with E-state index in [2.05, 4.69) is 10.4 Å². The molecule has 0 aliphatic heterocycles. The van der Waals surface area contributed by atoms with Gasteiger partial charge in [0.15, 0.2) is 0 Å². The van der Waals surface area contributed by atoms with E-state index < -0.39 is 0 Å². The van der Waals surface area contributed by atoms with E-state index >= 15 is 0 Å². The maximum atomic E-state index is 12.9. The van der Waals surface area contributed by atoms with E-state index in [1.807, 2.05) is 41.9 Å². The Morgan fingerprint density at radius 2 is 2.28 bits per heavy atom. The number of carbonyl (C=O) groups excluding carboxylic acids is 1. The van der Waals surface area contributed by atoms with Crippen LogP contribution in [0.2, 0.25) is 0 Å². The number of rotatable bonds is 3. The minimum atomic E-state index is -0.347. The van der Waals surface area contributed by atoms with Crippen LogP contribution in [0, 0.1) is 9.39 Å². The number of amides is 1. The molecule has 0 saturated carbocycles. The molecule has 2 aromatic rings. The molecule has 0 aliphatic rings. The van der Waals surface area contributed by atoms with Gasteiger partial charge in [-0.05, 0) is 46.9 Å². The van der Waals surface area contributed by atoms with Gasteiger partial charge in [0.1, 0.15) is 5.82 Å². The SMILES string of the molecule is Cn1ccc(CNC(=O)c2ccc(F)cc2I)n1. The van der Waals surface area contributed by atoms with Gasteiger partial charge < -0.3 is 5.32 Å². The predicted octanol–water partition coefficient (Wildman–Crippen LogP) is 2.09.